The van der Waals surface area contributed by atoms with Crippen LogP contribution < -0.4 is 11.2 Å². The second-order valence-electron chi connectivity index (χ2n) is 6.08. The number of nitrogens with zero attached hydrogens (tertiary/aromatic N) is 3. The van der Waals surface area contributed by atoms with Gasteiger partial charge in [-0.15, -0.1) is 10.2 Å². The summed E-state index contributed by atoms with van der Waals surface area (Å²) in [5.41, 5.74) is 3.67. The Kier molecular flexibility index (Phi) is 5.03. The summed E-state index contributed by atoms with van der Waals surface area (Å²) in [6.45, 7) is 7.58. The number of benzene rings is 1. The van der Waals surface area contributed by atoms with Crippen LogP contribution in [0.25, 0.3) is 11.4 Å². The Bertz CT molecular complexity index is 927. The number of aromatic nitrogens is 3. The molecule has 0 fully saturated rings. The lowest BCUT2D eigenvalue weighted by atomic mass is 10.1. The number of nitrogens with one attached hydrogen (secondary N) is 1. The van der Waals surface area contributed by atoms with Gasteiger partial charge in [-0.2, -0.15) is 0 Å². The highest BCUT2D eigenvalue weighted by atomic mass is 32.2. The van der Waals surface area contributed by atoms with Crippen LogP contribution in [0.2, 0.25) is 0 Å². The SMILES string of the molecule is Cc1cccc(C)c1NC(=O)C(C)Sc1nnc(-c2ccoc2C)n1N. The highest BCUT2D eigenvalue weighted by Crippen LogP contribution is 2.28. The van der Waals surface area contributed by atoms with Crippen LogP contribution in [0.1, 0.15) is 23.8 Å². The van der Waals surface area contributed by atoms with Crippen molar-refractivity contribution < 1.29 is 9.21 Å². The topological polar surface area (TPSA) is 99.0 Å². The molecule has 3 N–H and O–H groups in total. The molecular weight excluding hydrogens is 350 g/mol. The lowest BCUT2D eigenvalue weighted by Crippen LogP contribution is -2.24. The minimum absolute atomic E-state index is 0.114. The Labute approximate surface area is 156 Å². The second-order valence-corrected chi connectivity index (χ2v) is 7.39. The van der Waals surface area contributed by atoms with E-state index in [2.05, 4.69) is 15.5 Å². The first-order valence-electron chi connectivity index (χ1n) is 8.17. The number of hydrogen-bond donors (Lipinski definition) is 2. The van der Waals surface area contributed by atoms with Crippen molar-refractivity contribution >= 4 is 23.4 Å². The van der Waals surface area contributed by atoms with Crippen LogP contribution in [0.15, 0.2) is 40.1 Å². The maximum atomic E-state index is 12.6. The summed E-state index contributed by atoms with van der Waals surface area (Å²) < 4.78 is 6.66. The smallest absolute Gasteiger partial charge is 0.237 e. The van der Waals surface area contributed by atoms with Crippen LogP contribution in [0.3, 0.4) is 0 Å². The molecule has 0 aliphatic rings. The van der Waals surface area contributed by atoms with Crippen molar-refractivity contribution in [1.29, 1.82) is 0 Å². The van der Waals surface area contributed by atoms with Gasteiger partial charge in [0.1, 0.15) is 5.76 Å². The van der Waals surface area contributed by atoms with Crippen LogP contribution in [0.4, 0.5) is 5.69 Å². The highest BCUT2D eigenvalue weighted by molar-refractivity contribution is 8.00. The van der Waals surface area contributed by atoms with E-state index in [1.54, 1.807) is 12.3 Å². The van der Waals surface area contributed by atoms with Gasteiger partial charge in [0.05, 0.1) is 17.1 Å². The van der Waals surface area contributed by atoms with Crippen molar-refractivity contribution in [1.82, 2.24) is 14.9 Å². The third kappa shape index (κ3) is 3.45. The number of carbonyl (C=O) groups excluding carboxylic acids is 1. The number of aryl methyl sites for hydroxylation is 3. The van der Waals surface area contributed by atoms with E-state index in [1.807, 2.05) is 45.9 Å². The maximum absolute atomic E-state index is 12.6. The standard InChI is InChI=1S/C18H21N5O2S/c1-10-6-5-7-11(2)15(10)20-17(24)13(4)26-18-22-21-16(23(18)19)14-8-9-25-12(14)3/h5-9,13H,19H2,1-4H3,(H,20,24). The summed E-state index contributed by atoms with van der Waals surface area (Å²) in [5, 5.41) is 11.3. The third-order valence-corrected chi connectivity index (χ3v) is 5.20. The van der Waals surface area contributed by atoms with Crippen molar-refractivity contribution in [3.05, 3.63) is 47.4 Å². The van der Waals surface area contributed by atoms with E-state index in [1.165, 1.54) is 16.4 Å². The Hall–Kier alpha value is -2.74. The molecule has 1 unspecified atom stereocenters. The molecule has 1 atom stereocenters. The number of nitrogens with two attached hydrogens (primary N) is 1. The molecule has 0 saturated heterocycles. The van der Waals surface area contributed by atoms with E-state index in [0.29, 0.717) is 16.7 Å². The molecule has 7 nitrogen and oxygen atoms in total. The highest BCUT2D eigenvalue weighted by Gasteiger charge is 2.22. The zero-order valence-corrected chi connectivity index (χ0v) is 15.9. The molecule has 0 aliphatic heterocycles. The molecule has 0 saturated carbocycles. The van der Waals surface area contributed by atoms with E-state index in [9.17, 15) is 4.79 Å². The summed E-state index contributed by atoms with van der Waals surface area (Å²) in [6, 6.07) is 7.69. The zero-order valence-electron chi connectivity index (χ0n) is 15.1. The predicted molar refractivity (Wildman–Crippen MR) is 102 cm³/mol. The molecule has 0 radical (unpaired) electrons. The van der Waals surface area contributed by atoms with Crippen LogP contribution in [-0.4, -0.2) is 26.0 Å². The molecule has 3 aromatic rings. The summed E-state index contributed by atoms with van der Waals surface area (Å²) in [6.07, 6.45) is 1.58. The van der Waals surface area contributed by atoms with Gasteiger partial charge in [0.25, 0.3) is 0 Å². The molecule has 3 rings (SSSR count). The van der Waals surface area contributed by atoms with Crippen molar-refractivity contribution in [2.75, 3.05) is 11.2 Å². The fourth-order valence-corrected chi connectivity index (χ4v) is 3.38. The molecule has 2 aromatic heterocycles. The van der Waals surface area contributed by atoms with Gasteiger partial charge in [-0.05, 0) is 44.9 Å². The van der Waals surface area contributed by atoms with E-state index < -0.39 is 0 Å². The Balaban J connectivity index is 1.74. The summed E-state index contributed by atoms with van der Waals surface area (Å²) in [4.78, 5) is 12.6. The van der Waals surface area contributed by atoms with E-state index >= 15 is 0 Å². The van der Waals surface area contributed by atoms with E-state index in [-0.39, 0.29) is 11.2 Å². The first-order chi connectivity index (χ1) is 12.4. The molecule has 0 bridgehead atoms. The van der Waals surface area contributed by atoms with Crippen LogP contribution in [-0.2, 0) is 4.79 Å². The summed E-state index contributed by atoms with van der Waals surface area (Å²) in [5.74, 6) is 7.21. The van der Waals surface area contributed by atoms with Crippen molar-refractivity contribution in [2.24, 2.45) is 0 Å². The molecule has 136 valence electrons. The minimum Gasteiger partial charge on any atom is -0.469 e. The normalized spacial score (nSPS) is 12.2. The lowest BCUT2D eigenvalue weighted by molar-refractivity contribution is -0.115. The quantitative estimate of drug-likeness (QED) is 0.527. The number of amides is 1. The number of nitrogen functional groups attached to an aromatic ring is 1. The number of anilines is 1. The molecule has 2 heterocycles. The number of rotatable bonds is 5. The van der Waals surface area contributed by atoms with Gasteiger partial charge in [0, 0.05) is 5.69 Å². The third-order valence-electron chi connectivity index (χ3n) is 4.14. The molecule has 8 heteroatoms. The van der Waals surface area contributed by atoms with Gasteiger partial charge in [0.2, 0.25) is 11.1 Å². The number of carbonyl (C=O) groups is 1. The molecule has 0 spiro atoms. The number of hydrogen-bond acceptors (Lipinski definition) is 6. The fourth-order valence-electron chi connectivity index (χ4n) is 2.61. The Morgan fingerprint density at radius 3 is 2.54 bits per heavy atom. The van der Waals surface area contributed by atoms with Crippen molar-refractivity contribution in [3.8, 4) is 11.4 Å². The van der Waals surface area contributed by atoms with Gasteiger partial charge >= 0.3 is 0 Å². The second kappa shape index (κ2) is 7.25. The summed E-state index contributed by atoms with van der Waals surface area (Å²) >= 11 is 1.25. The average Bonchev–Trinajstić information content (AvgIpc) is 3.17. The number of furan rings is 1. The van der Waals surface area contributed by atoms with Crippen LogP contribution in [0.5, 0.6) is 0 Å². The minimum atomic E-state index is -0.390. The van der Waals surface area contributed by atoms with Crippen LogP contribution in [0, 0.1) is 20.8 Å². The monoisotopic (exact) mass is 371 g/mol. The Morgan fingerprint density at radius 2 is 1.92 bits per heavy atom. The zero-order chi connectivity index (χ0) is 18.8. The van der Waals surface area contributed by atoms with Gasteiger partial charge < -0.3 is 15.6 Å². The molecule has 26 heavy (non-hydrogen) atoms. The van der Waals surface area contributed by atoms with Crippen LogP contribution >= 0.6 is 11.8 Å². The molecule has 1 aromatic carbocycles. The first-order valence-corrected chi connectivity index (χ1v) is 9.05. The summed E-state index contributed by atoms with van der Waals surface area (Å²) in [7, 11) is 0. The lowest BCUT2D eigenvalue weighted by Gasteiger charge is -2.15. The Morgan fingerprint density at radius 1 is 1.23 bits per heavy atom. The van der Waals surface area contributed by atoms with E-state index in [4.69, 9.17) is 10.3 Å². The largest absolute Gasteiger partial charge is 0.469 e. The predicted octanol–water partition coefficient (Wildman–Crippen LogP) is 3.30. The van der Waals surface area contributed by atoms with Gasteiger partial charge in [-0.1, -0.05) is 30.0 Å². The van der Waals surface area contributed by atoms with Gasteiger partial charge in [-0.25, -0.2) is 4.68 Å². The average molecular weight is 371 g/mol. The van der Waals surface area contributed by atoms with Gasteiger partial charge in [0.15, 0.2) is 5.82 Å². The van der Waals surface area contributed by atoms with E-state index in [0.717, 1.165) is 22.4 Å². The molecule has 1 amide bonds. The fraction of sp³-hybridized carbons (Fsp3) is 0.278. The number of thioether (sulfide) groups is 1. The van der Waals surface area contributed by atoms with Crippen molar-refractivity contribution in [3.63, 3.8) is 0 Å². The maximum Gasteiger partial charge on any atom is 0.237 e. The molecular formula is C18H21N5O2S. The van der Waals surface area contributed by atoms with Gasteiger partial charge in [-0.3, -0.25) is 4.79 Å². The molecule has 0 aliphatic carbocycles. The first kappa shape index (κ1) is 18.1. The number of para-hydroxylation sites is 1. The van der Waals surface area contributed by atoms with Crippen molar-refractivity contribution in [2.45, 2.75) is 38.1 Å².